The van der Waals surface area contributed by atoms with Gasteiger partial charge in [-0.1, -0.05) is 36.7 Å². The Balaban J connectivity index is 2.31. The van der Waals surface area contributed by atoms with Crippen LogP contribution in [0, 0.1) is 0 Å². The molecule has 5 heteroatoms. The lowest BCUT2D eigenvalue weighted by atomic mass is 10.2. The van der Waals surface area contributed by atoms with E-state index in [4.69, 9.17) is 15.8 Å². The molecule has 2 aromatic rings. The van der Waals surface area contributed by atoms with E-state index in [2.05, 4.69) is 0 Å². The van der Waals surface area contributed by atoms with Crippen LogP contribution in [0.15, 0.2) is 53.4 Å². The molecular formula is C14H13ClO3S. The van der Waals surface area contributed by atoms with Gasteiger partial charge in [-0.3, -0.25) is 0 Å². The Kier molecular flexibility index (Phi) is 4.12. The molecule has 3 nitrogen and oxygen atoms in total. The molecule has 0 saturated carbocycles. The van der Waals surface area contributed by atoms with Crippen LogP contribution >= 0.6 is 11.6 Å². The minimum atomic E-state index is -3.79. The maximum atomic E-state index is 12.0. The number of benzene rings is 2. The van der Waals surface area contributed by atoms with Crippen LogP contribution in [0.3, 0.4) is 0 Å². The molecule has 0 saturated heterocycles. The second-order valence-corrected chi connectivity index (χ2v) is 5.91. The Hall–Kier alpha value is -1.52. The molecular weight excluding hydrogens is 284 g/mol. The van der Waals surface area contributed by atoms with Gasteiger partial charge >= 0.3 is 10.1 Å². The van der Waals surface area contributed by atoms with E-state index in [0.29, 0.717) is 11.4 Å². The van der Waals surface area contributed by atoms with Crippen molar-refractivity contribution >= 4 is 21.7 Å². The summed E-state index contributed by atoms with van der Waals surface area (Å²) < 4.78 is 29.2. The lowest BCUT2D eigenvalue weighted by molar-refractivity contribution is 0.486. The summed E-state index contributed by atoms with van der Waals surface area (Å²) in [4.78, 5) is 0.128. The van der Waals surface area contributed by atoms with Gasteiger partial charge in [-0.25, -0.2) is 0 Å². The summed E-state index contributed by atoms with van der Waals surface area (Å²) in [6.07, 6.45) is 0.710. The highest BCUT2D eigenvalue weighted by Crippen LogP contribution is 2.25. The molecule has 0 aromatic heterocycles. The third-order valence-electron chi connectivity index (χ3n) is 2.64. The Bertz CT molecular complexity index is 666. The quantitative estimate of drug-likeness (QED) is 0.809. The fraction of sp³-hybridized carbons (Fsp3) is 0.143. The van der Waals surface area contributed by atoms with E-state index in [1.165, 1.54) is 12.1 Å². The van der Waals surface area contributed by atoms with Gasteiger partial charge in [0.2, 0.25) is 0 Å². The number of hydrogen-bond acceptors (Lipinski definition) is 3. The molecule has 0 aliphatic carbocycles. The molecule has 0 spiro atoms. The molecule has 0 heterocycles. The molecule has 0 aliphatic heterocycles. The van der Waals surface area contributed by atoms with Gasteiger partial charge in [0.25, 0.3) is 0 Å². The van der Waals surface area contributed by atoms with Crippen LogP contribution in [0.2, 0.25) is 5.02 Å². The minimum Gasteiger partial charge on any atom is -0.379 e. The first-order valence-corrected chi connectivity index (χ1v) is 7.59. The molecule has 2 aromatic carbocycles. The standard InChI is InChI=1S/C14H13ClO3S/c1-2-11-10-12(8-9-14(11)15)18-19(16,17)13-6-4-3-5-7-13/h3-10H,2H2,1H3. The average molecular weight is 297 g/mol. The van der Waals surface area contributed by atoms with E-state index in [0.717, 1.165) is 5.56 Å². The number of aryl methyl sites for hydroxylation is 1. The van der Waals surface area contributed by atoms with Crippen molar-refractivity contribution in [1.82, 2.24) is 0 Å². The zero-order valence-corrected chi connectivity index (χ0v) is 11.9. The highest BCUT2D eigenvalue weighted by molar-refractivity contribution is 7.87. The van der Waals surface area contributed by atoms with Gasteiger partial charge in [0, 0.05) is 5.02 Å². The first-order chi connectivity index (χ1) is 9.03. The maximum Gasteiger partial charge on any atom is 0.339 e. The van der Waals surface area contributed by atoms with Crippen LogP contribution in [0.1, 0.15) is 12.5 Å². The van der Waals surface area contributed by atoms with Gasteiger partial charge in [-0.2, -0.15) is 8.42 Å². The van der Waals surface area contributed by atoms with E-state index in [9.17, 15) is 8.42 Å². The zero-order valence-electron chi connectivity index (χ0n) is 10.3. The highest BCUT2D eigenvalue weighted by Gasteiger charge is 2.16. The predicted molar refractivity (Wildman–Crippen MR) is 75.1 cm³/mol. The summed E-state index contributed by atoms with van der Waals surface area (Å²) in [5.41, 5.74) is 0.849. The third kappa shape index (κ3) is 3.28. The Morgan fingerprint density at radius 1 is 1.11 bits per heavy atom. The van der Waals surface area contributed by atoms with Gasteiger partial charge in [0.1, 0.15) is 10.6 Å². The van der Waals surface area contributed by atoms with Gasteiger partial charge in [-0.05, 0) is 42.3 Å². The van der Waals surface area contributed by atoms with Crippen molar-refractivity contribution in [2.75, 3.05) is 0 Å². The monoisotopic (exact) mass is 296 g/mol. The summed E-state index contributed by atoms with van der Waals surface area (Å²) in [6, 6.07) is 12.8. The normalized spacial score (nSPS) is 11.3. The largest absolute Gasteiger partial charge is 0.379 e. The molecule has 2 rings (SSSR count). The third-order valence-corrected chi connectivity index (χ3v) is 4.27. The fourth-order valence-electron chi connectivity index (χ4n) is 1.64. The van der Waals surface area contributed by atoms with Crippen LogP contribution in [-0.4, -0.2) is 8.42 Å². The zero-order chi connectivity index (χ0) is 13.9. The lowest BCUT2D eigenvalue weighted by Crippen LogP contribution is -2.09. The number of hydrogen-bond donors (Lipinski definition) is 0. The van der Waals surface area contributed by atoms with Crippen LogP contribution in [-0.2, 0) is 16.5 Å². The SMILES string of the molecule is CCc1cc(OS(=O)(=O)c2ccccc2)ccc1Cl. The molecule has 0 atom stereocenters. The van der Waals surface area contributed by atoms with Gasteiger partial charge in [-0.15, -0.1) is 0 Å². The molecule has 0 unspecified atom stereocenters. The van der Waals surface area contributed by atoms with Crippen molar-refractivity contribution in [2.45, 2.75) is 18.2 Å². The Labute approximate surface area is 117 Å². The molecule has 100 valence electrons. The molecule has 0 bridgehead atoms. The smallest absolute Gasteiger partial charge is 0.339 e. The fourth-order valence-corrected chi connectivity index (χ4v) is 2.83. The van der Waals surface area contributed by atoms with Crippen LogP contribution in [0.25, 0.3) is 0 Å². The van der Waals surface area contributed by atoms with Gasteiger partial charge in [0.15, 0.2) is 0 Å². The van der Waals surface area contributed by atoms with Crippen molar-refractivity contribution < 1.29 is 12.6 Å². The molecule has 0 amide bonds. The van der Waals surface area contributed by atoms with Gasteiger partial charge < -0.3 is 4.18 Å². The predicted octanol–water partition coefficient (Wildman–Crippen LogP) is 3.67. The van der Waals surface area contributed by atoms with Crippen molar-refractivity contribution in [1.29, 1.82) is 0 Å². The topological polar surface area (TPSA) is 43.4 Å². The van der Waals surface area contributed by atoms with Crippen LogP contribution in [0.4, 0.5) is 0 Å². The Morgan fingerprint density at radius 2 is 1.79 bits per heavy atom. The van der Waals surface area contributed by atoms with Crippen LogP contribution in [0.5, 0.6) is 5.75 Å². The van der Waals surface area contributed by atoms with E-state index in [1.807, 2.05) is 6.92 Å². The second kappa shape index (κ2) is 5.63. The first-order valence-electron chi connectivity index (χ1n) is 5.81. The molecule has 0 aliphatic rings. The van der Waals surface area contributed by atoms with Crippen molar-refractivity contribution in [3.8, 4) is 5.75 Å². The summed E-state index contributed by atoms with van der Waals surface area (Å²) >= 11 is 5.98. The van der Waals surface area contributed by atoms with Gasteiger partial charge in [0.05, 0.1) is 0 Å². The Morgan fingerprint density at radius 3 is 2.42 bits per heavy atom. The maximum absolute atomic E-state index is 12.0. The van der Waals surface area contributed by atoms with Crippen molar-refractivity contribution in [2.24, 2.45) is 0 Å². The van der Waals surface area contributed by atoms with Crippen LogP contribution < -0.4 is 4.18 Å². The van der Waals surface area contributed by atoms with E-state index >= 15 is 0 Å². The van der Waals surface area contributed by atoms with Crippen molar-refractivity contribution in [3.05, 3.63) is 59.1 Å². The molecule has 0 radical (unpaired) electrons. The number of halogens is 1. The van der Waals surface area contributed by atoms with Crippen molar-refractivity contribution in [3.63, 3.8) is 0 Å². The lowest BCUT2D eigenvalue weighted by Gasteiger charge is -2.08. The first kappa shape index (κ1) is 13.9. The molecule has 0 fully saturated rings. The summed E-state index contributed by atoms with van der Waals surface area (Å²) in [6.45, 7) is 1.94. The summed E-state index contributed by atoms with van der Waals surface area (Å²) in [7, 11) is -3.79. The molecule has 19 heavy (non-hydrogen) atoms. The van der Waals surface area contributed by atoms with E-state index < -0.39 is 10.1 Å². The van der Waals surface area contributed by atoms with E-state index in [1.54, 1.807) is 36.4 Å². The molecule has 0 N–H and O–H groups in total. The number of rotatable bonds is 4. The van der Waals surface area contributed by atoms with E-state index in [-0.39, 0.29) is 10.6 Å². The summed E-state index contributed by atoms with van der Waals surface area (Å²) in [5.74, 6) is 0.269. The highest BCUT2D eigenvalue weighted by atomic mass is 35.5. The average Bonchev–Trinajstić information content (AvgIpc) is 2.42. The second-order valence-electron chi connectivity index (χ2n) is 3.96. The summed E-state index contributed by atoms with van der Waals surface area (Å²) in [5, 5.41) is 0.604. The minimum absolute atomic E-state index is 0.128.